The lowest BCUT2D eigenvalue weighted by molar-refractivity contribution is 0.0951. The third-order valence-corrected chi connectivity index (χ3v) is 4.47. The van der Waals surface area contributed by atoms with Crippen molar-refractivity contribution in [3.05, 3.63) is 65.2 Å². The second-order valence-electron chi connectivity index (χ2n) is 6.03. The second-order valence-corrected chi connectivity index (χ2v) is 6.03. The van der Waals surface area contributed by atoms with E-state index in [1.165, 1.54) is 11.3 Å². The highest BCUT2D eigenvalue weighted by molar-refractivity contribution is 5.94. The first-order valence-electron chi connectivity index (χ1n) is 8.11. The fourth-order valence-corrected chi connectivity index (χ4v) is 3.07. The summed E-state index contributed by atoms with van der Waals surface area (Å²) in [5.74, 6) is -0.0343. The summed E-state index contributed by atoms with van der Waals surface area (Å²) in [7, 11) is 0. The van der Waals surface area contributed by atoms with Gasteiger partial charge in [-0.1, -0.05) is 30.3 Å². The summed E-state index contributed by atoms with van der Waals surface area (Å²) in [5.41, 5.74) is 9.97. The van der Waals surface area contributed by atoms with Gasteiger partial charge in [0.1, 0.15) is 0 Å². The number of nitrogens with one attached hydrogen (secondary N) is 1. The van der Waals surface area contributed by atoms with Crippen LogP contribution < -0.4 is 16.0 Å². The molecule has 0 fully saturated rings. The Morgan fingerprint density at radius 1 is 1.22 bits per heavy atom. The molecule has 1 unspecified atom stereocenters. The lowest BCUT2D eigenvalue weighted by Crippen LogP contribution is -2.41. The van der Waals surface area contributed by atoms with Crippen LogP contribution in [0.3, 0.4) is 0 Å². The second kappa shape index (κ2) is 6.84. The molecule has 1 amide bonds. The third-order valence-electron chi connectivity index (χ3n) is 4.47. The number of nitrogens with two attached hydrogens (primary N) is 1. The fourth-order valence-electron chi connectivity index (χ4n) is 3.07. The van der Waals surface area contributed by atoms with E-state index in [-0.39, 0.29) is 11.9 Å². The Hall–Kier alpha value is -2.33. The molecule has 2 aromatic carbocycles. The zero-order valence-electron chi connectivity index (χ0n) is 13.5. The predicted molar refractivity (Wildman–Crippen MR) is 93.6 cm³/mol. The molecular formula is C19H23N3O. The van der Waals surface area contributed by atoms with Gasteiger partial charge < -0.3 is 16.0 Å². The number of hydrogen-bond acceptors (Lipinski definition) is 3. The molecule has 23 heavy (non-hydrogen) atoms. The fraction of sp³-hybridized carbons (Fsp3) is 0.316. The topological polar surface area (TPSA) is 58.4 Å². The van der Waals surface area contributed by atoms with Crippen molar-refractivity contribution in [1.29, 1.82) is 0 Å². The Kier molecular flexibility index (Phi) is 4.63. The van der Waals surface area contributed by atoms with E-state index in [0.29, 0.717) is 18.7 Å². The Morgan fingerprint density at radius 3 is 2.70 bits per heavy atom. The number of rotatable bonds is 5. The monoisotopic (exact) mass is 309 g/mol. The zero-order valence-corrected chi connectivity index (χ0v) is 13.5. The van der Waals surface area contributed by atoms with Crippen molar-refractivity contribution in [2.45, 2.75) is 25.9 Å². The summed E-state index contributed by atoms with van der Waals surface area (Å²) in [6.45, 7) is 4.29. The number of benzene rings is 2. The molecule has 4 nitrogen and oxygen atoms in total. The van der Waals surface area contributed by atoms with Gasteiger partial charge in [-0.2, -0.15) is 0 Å². The van der Waals surface area contributed by atoms with Gasteiger partial charge in [0.2, 0.25) is 0 Å². The minimum Gasteiger partial charge on any atom is -0.366 e. The van der Waals surface area contributed by atoms with Gasteiger partial charge in [0.05, 0.1) is 0 Å². The van der Waals surface area contributed by atoms with Crippen molar-refractivity contribution in [3.8, 4) is 0 Å². The molecule has 0 spiro atoms. The SMILES string of the molecule is CC(CNC(=O)c1ccc(CN)cc1)N1CCc2ccccc21. The molecule has 1 aliphatic rings. The number of anilines is 1. The quantitative estimate of drug-likeness (QED) is 0.891. The maximum atomic E-state index is 12.2. The van der Waals surface area contributed by atoms with Crippen LogP contribution in [0.5, 0.6) is 0 Å². The third kappa shape index (κ3) is 3.37. The number of fused-ring (bicyclic) bond motifs is 1. The van der Waals surface area contributed by atoms with Gasteiger partial charge in [0.15, 0.2) is 0 Å². The summed E-state index contributed by atoms with van der Waals surface area (Å²) in [6, 6.07) is 16.2. The molecule has 1 heterocycles. The Labute approximate surface area is 137 Å². The van der Waals surface area contributed by atoms with E-state index >= 15 is 0 Å². The molecule has 3 rings (SSSR count). The van der Waals surface area contributed by atoms with Crippen LogP contribution in [0.15, 0.2) is 48.5 Å². The summed E-state index contributed by atoms with van der Waals surface area (Å²) in [4.78, 5) is 14.6. The molecule has 3 N–H and O–H groups in total. The Balaban J connectivity index is 1.58. The molecule has 0 saturated carbocycles. The number of amides is 1. The molecular weight excluding hydrogens is 286 g/mol. The molecule has 0 aliphatic carbocycles. The number of carbonyl (C=O) groups excluding carboxylic acids is 1. The van der Waals surface area contributed by atoms with E-state index in [1.54, 1.807) is 0 Å². The number of para-hydroxylation sites is 1. The number of carbonyl (C=O) groups is 1. The maximum absolute atomic E-state index is 12.2. The van der Waals surface area contributed by atoms with Gasteiger partial charge in [-0.05, 0) is 42.7 Å². The lowest BCUT2D eigenvalue weighted by Gasteiger charge is -2.27. The van der Waals surface area contributed by atoms with E-state index < -0.39 is 0 Å². The van der Waals surface area contributed by atoms with Crippen LogP contribution in [-0.2, 0) is 13.0 Å². The molecule has 2 aromatic rings. The highest BCUT2D eigenvalue weighted by Gasteiger charge is 2.23. The normalized spacial score (nSPS) is 14.4. The first-order valence-corrected chi connectivity index (χ1v) is 8.11. The van der Waals surface area contributed by atoms with Crippen molar-refractivity contribution < 1.29 is 4.79 Å². The van der Waals surface area contributed by atoms with Gasteiger partial charge >= 0.3 is 0 Å². The molecule has 0 radical (unpaired) electrons. The van der Waals surface area contributed by atoms with Crippen molar-refractivity contribution in [1.82, 2.24) is 5.32 Å². The molecule has 1 aliphatic heterocycles. The van der Waals surface area contributed by atoms with Crippen LogP contribution in [0.1, 0.15) is 28.4 Å². The van der Waals surface area contributed by atoms with Crippen molar-refractivity contribution >= 4 is 11.6 Å². The van der Waals surface area contributed by atoms with Crippen LogP contribution in [0, 0.1) is 0 Å². The Morgan fingerprint density at radius 2 is 1.96 bits per heavy atom. The van der Waals surface area contributed by atoms with Crippen LogP contribution in [0.25, 0.3) is 0 Å². The first kappa shape index (κ1) is 15.6. The number of nitrogens with zero attached hydrogens (tertiary/aromatic N) is 1. The first-order chi connectivity index (χ1) is 11.2. The van der Waals surface area contributed by atoms with Crippen molar-refractivity contribution in [2.24, 2.45) is 5.73 Å². The summed E-state index contributed by atoms with van der Waals surface area (Å²) >= 11 is 0. The molecule has 0 saturated heterocycles. The highest BCUT2D eigenvalue weighted by atomic mass is 16.1. The standard InChI is InChI=1S/C19H23N3O/c1-14(22-11-10-16-4-2-3-5-18(16)22)13-21-19(23)17-8-6-15(12-20)7-9-17/h2-9,14H,10-13,20H2,1H3,(H,21,23). The van der Waals surface area contributed by atoms with Crippen LogP contribution in [0.2, 0.25) is 0 Å². The van der Waals surface area contributed by atoms with E-state index in [1.807, 2.05) is 24.3 Å². The Bertz CT molecular complexity index is 681. The van der Waals surface area contributed by atoms with Crippen molar-refractivity contribution in [3.63, 3.8) is 0 Å². The van der Waals surface area contributed by atoms with Gasteiger partial charge in [-0.15, -0.1) is 0 Å². The lowest BCUT2D eigenvalue weighted by atomic mass is 10.1. The molecule has 1 atom stereocenters. The smallest absolute Gasteiger partial charge is 0.251 e. The van der Waals surface area contributed by atoms with Crippen molar-refractivity contribution in [2.75, 3.05) is 18.0 Å². The average molecular weight is 309 g/mol. The van der Waals surface area contributed by atoms with Crippen LogP contribution in [-0.4, -0.2) is 25.0 Å². The summed E-state index contributed by atoms with van der Waals surface area (Å²) in [5, 5.41) is 3.03. The largest absolute Gasteiger partial charge is 0.366 e. The highest BCUT2D eigenvalue weighted by Crippen LogP contribution is 2.28. The van der Waals surface area contributed by atoms with Crippen LogP contribution in [0.4, 0.5) is 5.69 Å². The minimum atomic E-state index is -0.0343. The molecule has 4 heteroatoms. The van der Waals surface area contributed by atoms with E-state index in [0.717, 1.165) is 18.5 Å². The van der Waals surface area contributed by atoms with Gasteiger partial charge in [-0.3, -0.25) is 4.79 Å². The van der Waals surface area contributed by atoms with Gasteiger partial charge in [0, 0.05) is 36.9 Å². The maximum Gasteiger partial charge on any atom is 0.251 e. The van der Waals surface area contributed by atoms with Gasteiger partial charge in [0.25, 0.3) is 5.91 Å². The molecule has 0 bridgehead atoms. The molecule has 120 valence electrons. The van der Waals surface area contributed by atoms with Crippen LogP contribution >= 0.6 is 0 Å². The van der Waals surface area contributed by atoms with E-state index in [9.17, 15) is 4.79 Å². The minimum absolute atomic E-state index is 0.0343. The van der Waals surface area contributed by atoms with Gasteiger partial charge in [-0.25, -0.2) is 0 Å². The average Bonchev–Trinajstić information content (AvgIpc) is 3.03. The zero-order chi connectivity index (χ0) is 16.2. The number of hydrogen-bond donors (Lipinski definition) is 2. The predicted octanol–water partition coefficient (Wildman–Crippen LogP) is 2.33. The van der Waals surface area contributed by atoms with E-state index in [2.05, 4.69) is 41.4 Å². The summed E-state index contributed by atoms with van der Waals surface area (Å²) < 4.78 is 0. The summed E-state index contributed by atoms with van der Waals surface area (Å²) in [6.07, 6.45) is 1.08. The molecule has 0 aromatic heterocycles. The van der Waals surface area contributed by atoms with E-state index in [4.69, 9.17) is 5.73 Å².